The molecule has 0 bridgehead atoms. The predicted octanol–water partition coefficient (Wildman–Crippen LogP) is 3.30. The summed E-state index contributed by atoms with van der Waals surface area (Å²) in [6.45, 7) is 7.79. The van der Waals surface area contributed by atoms with Gasteiger partial charge < -0.3 is 14.6 Å². The molecule has 0 atom stereocenters. The Labute approximate surface area is 114 Å². The van der Waals surface area contributed by atoms with Crippen molar-refractivity contribution in [3.05, 3.63) is 42.5 Å². The standard InChI is InChI=1S/C15H21N3O/c1-4-18-10-9-16-15(18)11-17-13-7-5-6-8-14(13)19-12(2)3/h5-10,12,17H,4,11H2,1-3H3. The van der Waals surface area contributed by atoms with Crippen LogP contribution in [0, 0.1) is 0 Å². The van der Waals surface area contributed by atoms with Crippen LogP contribution in [0.4, 0.5) is 5.69 Å². The fourth-order valence-electron chi connectivity index (χ4n) is 1.94. The number of imidazole rings is 1. The van der Waals surface area contributed by atoms with Gasteiger partial charge in [0.05, 0.1) is 18.3 Å². The van der Waals surface area contributed by atoms with Crippen molar-refractivity contribution in [1.82, 2.24) is 9.55 Å². The number of nitrogens with zero attached hydrogens (tertiary/aromatic N) is 2. The normalized spacial score (nSPS) is 10.7. The maximum absolute atomic E-state index is 5.78. The number of nitrogens with one attached hydrogen (secondary N) is 1. The second kappa shape index (κ2) is 6.27. The summed E-state index contributed by atoms with van der Waals surface area (Å²) in [6, 6.07) is 7.99. The maximum atomic E-state index is 5.78. The van der Waals surface area contributed by atoms with E-state index in [0.29, 0.717) is 6.54 Å². The average molecular weight is 259 g/mol. The zero-order valence-corrected chi connectivity index (χ0v) is 11.8. The van der Waals surface area contributed by atoms with Crippen LogP contribution in [0.1, 0.15) is 26.6 Å². The van der Waals surface area contributed by atoms with Gasteiger partial charge in [-0.3, -0.25) is 0 Å². The fourth-order valence-corrected chi connectivity index (χ4v) is 1.94. The third kappa shape index (κ3) is 3.50. The van der Waals surface area contributed by atoms with Gasteiger partial charge in [-0.2, -0.15) is 0 Å². The molecule has 4 heteroatoms. The lowest BCUT2D eigenvalue weighted by Gasteiger charge is -2.15. The summed E-state index contributed by atoms with van der Waals surface area (Å²) in [4.78, 5) is 4.35. The number of ether oxygens (including phenoxy) is 1. The Morgan fingerprint density at radius 3 is 2.84 bits per heavy atom. The van der Waals surface area contributed by atoms with E-state index >= 15 is 0 Å². The quantitative estimate of drug-likeness (QED) is 0.865. The Balaban J connectivity index is 2.07. The largest absolute Gasteiger partial charge is 0.489 e. The smallest absolute Gasteiger partial charge is 0.142 e. The number of para-hydroxylation sites is 2. The molecular weight excluding hydrogens is 238 g/mol. The maximum Gasteiger partial charge on any atom is 0.142 e. The summed E-state index contributed by atoms with van der Waals surface area (Å²) in [5.74, 6) is 1.91. The molecule has 0 amide bonds. The molecule has 0 fully saturated rings. The summed E-state index contributed by atoms with van der Waals surface area (Å²) in [6.07, 6.45) is 3.99. The van der Waals surface area contributed by atoms with Crippen molar-refractivity contribution in [1.29, 1.82) is 0 Å². The number of hydrogen-bond donors (Lipinski definition) is 1. The van der Waals surface area contributed by atoms with Gasteiger partial charge in [-0.15, -0.1) is 0 Å². The minimum atomic E-state index is 0.167. The molecule has 0 aliphatic heterocycles. The van der Waals surface area contributed by atoms with Crippen molar-refractivity contribution in [3.8, 4) is 5.75 Å². The first-order valence-electron chi connectivity index (χ1n) is 6.70. The van der Waals surface area contributed by atoms with Crippen LogP contribution in [0.3, 0.4) is 0 Å². The molecule has 0 aliphatic rings. The third-order valence-electron chi connectivity index (χ3n) is 2.83. The number of aryl methyl sites for hydroxylation is 1. The zero-order valence-electron chi connectivity index (χ0n) is 11.8. The molecule has 2 aromatic rings. The van der Waals surface area contributed by atoms with Crippen LogP contribution >= 0.6 is 0 Å². The van der Waals surface area contributed by atoms with Crippen LogP contribution in [0.2, 0.25) is 0 Å². The minimum Gasteiger partial charge on any atom is -0.489 e. The molecular formula is C15H21N3O. The van der Waals surface area contributed by atoms with Crippen LogP contribution in [-0.4, -0.2) is 15.7 Å². The van der Waals surface area contributed by atoms with Crippen LogP contribution in [0.5, 0.6) is 5.75 Å². The van der Waals surface area contributed by atoms with Crippen LogP contribution in [-0.2, 0) is 13.1 Å². The van der Waals surface area contributed by atoms with Gasteiger partial charge >= 0.3 is 0 Å². The van der Waals surface area contributed by atoms with Crippen molar-refractivity contribution in [3.63, 3.8) is 0 Å². The molecule has 4 nitrogen and oxygen atoms in total. The van der Waals surface area contributed by atoms with Gasteiger partial charge in [0.15, 0.2) is 0 Å². The second-order valence-corrected chi connectivity index (χ2v) is 4.65. The fraction of sp³-hybridized carbons (Fsp3) is 0.400. The summed E-state index contributed by atoms with van der Waals surface area (Å²) < 4.78 is 7.91. The monoisotopic (exact) mass is 259 g/mol. The first-order chi connectivity index (χ1) is 9.20. The molecule has 0 aliphatic carbocycles. The van der Waals surface area contributed by atoms with E-state index in [2.05, 4.69) is 21.8 Å². The summed E-state index contributed by atoms with van der Waals surface area (Å²) >= 11 is 0. The summed E-state index contributed by atoms with van der Waals surface area (Å²) in [5, 5.41) is 3.39. The number of aromatic nitrogens is 2. The average Bonchev–Trinajstić information content (AvgIpc) is 2.84. The molecule has 0 radical (unpaired) electrons. The Bertz CT molecular complexity index is 520. The van der Waals surface area contributed by atoms with Gasteiger partial charge in [0.2, 0.25) is 0 Å². The number of anilines is 1. The third-order valence-corrected chi connectivity index (χ3v) is 2.83. The van der Waals surface area contributed by atoms with E-state index in [1.807, 2.05) is 50.5 Å². The van der Waals surface area contributed by atoms with Gasteiger partial charge in [0, 0.05) is 18.9 Å². The van der Waals surface area contributed by atoms with Crippen molar-refractivity contribution < 1.29 is 4.74 Å². The molecule has 1 N–H and O–H groups in total. The Kier molecular flexibility index (Phi) is 4.44. The van der Waals surface area contributed by atoms with E-state index in [9.17, 15) is 0 Å². The zero-order chi connectivity index (χ0) is 13.7. The molecule has 1 aromatic heterocycles. The molecule has 19 heavy (non-hydrogen) atoms. The van der Waals surface area contributed by atoms with Gasteiger partial charge in [0.1, 0.15) is 11.6 Å². The molecule has 0 unspecified atom stereocenters. The van der Waals surface area contributed by atoms with E-state index in [1.54, 1.807) is 0 Å². The van der Waals surface area contributed by atoms with Crippen molar-refractivity contribution in [2.75, 3.05) is 5.32 Å². The van der Waals surface area contributed by atoms with Crippen molar-refractivity contribution >= 4 is 5.69 Å². The van der Waals surface area contributed by atoms with E-state index in [0.717, 1.165) is 23.8 Å². The van der Waals surface area contributed by atoms with Crippen LogP contribution < -0.4 is 10.1 Å². The first kappa shape index (κ1) is 13.5. The Hall–Kier alpha value is -1.97. The topological polar surface area (TPSA) is 39.1 Å². The molecule has 0 saturated heterocycles. The molecule has 102 valence electrons. The van der Waals surface area contributed by atoms with Crippen molar-refractivity contribution in [2.24, 2.45) is 0 Å². The Morgan fingerprint density at radius 1 is 1.32 bits per heavy atom. The summed E-state index contributed by atoms with van der Waals surface area (Å²) in [5.41, 5.74) is 1.00. The Morgan fingerprint density at radius 2 is 2.11 bits per heavy atom. The van der Waals surface area contributed by atoms with Gasteiger partial charge in [0.25, 0.3) is 0 Å². The highest BCUT2D eigenvalue weighted by molar-refractivity contribution is 5.56. The second-order valence-electron chi connectivity index (χ2n) is 4.65. The van der Waals surface area contributed by atoms with Crippen LogP contribution in [0.25, 0.3) is 0 Å². The minimum absolute atomic E-state index is 0.167. The van der Waals surface area contributed by atoms with E-state index in [4.69, 9.17) is 4.74 Å². The van der Waals surface area contributed by atoms with E-state index in [1.165, 1.54) is 0 Å². The number of hydrogen-bond acceptors (Lipinski definition) is 3. The first-order valence-corrected chi connectivity index (χ1v) is 6.70. The highest BCUT2D eigenvalue weighted by Gasteiger charge is 2.06. The molecule has 0 spiro atoms. The number of rotatable bonds is 6. The van der Waals surface area contributed by atoms with Crippen LogP contribution in [0.15, 0.2) is 36.7 Å². The molecule has 0 saturated carbocycles. The lowest BCUT2D eigenvalue weighted by Crippen LogP contribution is -2.10. The van der Waals surface area contributed by atoms with Gasteiger partial charge in [-0.05, 0) is 32.9 Å². The lowest BCUT2D eigenvalue weighted by molar-refractivity contribution is 0.243. The van der Waals surface area contributed by atoms with E-state index in [-0.39, 0.29) is 6.10 Å². The molecule has 2 rings (SSSR count). The molecule has 1 heterocycles. The van der Waals surface area contributed by atoms with Gasteiger partial charge in [-0.25, -0.2) is 4.98 Å². The SMILES string of the molecule is CCn1ccnc1CNc1ccccc1OC(C)C. The van der Waals surface area contributed by atoms with Crippen molar-refractivity contribution in [2.45, 2.75) is 40.0 Å². The predicted molar refractivity (Wildman–Crippen MR) is 77.4 cm³/mol. The lowest BCUT2D eigenvalue weighted by atomic mass is 10.3. The summed E-state index contributed by atoms with van der Waals surface area (Å²) in [7, 11) is 0. The highest BCUT2D eigenvalue weighted by Crippen LogP contribution is 2.25. The molecule has 1 aromatic carbocycles. The highest BCUT2D eigenvalue weighted by atomic mass is 16.5. The van der Waals surface area contributed by atoms with Gasteiger partial charge in [-0.1, -0.05) is 12.1 Å². The van der Waals surface area contributed by atoms with E-state index < -0.39 is 0 Å². The number of benzene rings is 1.